The van der Waals surface area contributed by atoms with Crippen molar-refractivity contribution >= 4 is 12.2 Å². The lowest BCUT2D eigenvalue weighted by Crippen LogP contribution is -2.39. The fraction of sp³-hybridized carbons (Fsp3) is 0.364. The molecule has 136 valence electrons. The molecule has 2 aromatic carbocycles. The highest BCUT2D eigenvalue weighted by Gasteiger charge is 2.32. The monoisotopic (exact) mass is 350 g/mol. The van der Waals surface area contributed by atoms with E-state index in [0.717, 1.165) is 55.7 Å². The SMILES string of the molecule is O=COCCC1(CN=C(c2ccccc2)c2ccccc2)CCNCC1. The largest absolute Gasteiger partial charge is 0.468 e. The van der Waals surface area contributed by atoms with Gasteiger partial charge in [0.2, 0.25) is 0 Å². The first-order valence-electron chi connectivity index (χ1n) is 9.24. The van der Waals surface area contributed by atoms with E-state index in [-0.39, 0.29) is 5.41 Å². The maximum atomic E-state index is 10.5. The van der Waals surface area contributed by atoms with E-state index in [1.165, 1.54) is 0 Å². The van der Waals surface area contributed by atoms with Crippen LogP contribution in [0, 0.1) is 5.41 Å². The summed E-state index contributed by atoms with van der Waals surface area (Å²) in [5.74, 6) is 0. The van der Waals surface area contributed by atoms with Gasteiger partial charge in [0.15, 0.2) is 0 Å². The number of piperidine rings is 1. The van der Waals surface area contributed by atoms with Crippen LogP contribution in [0.15, 0.2) is 65.7 Å². The first kappa shape index (κ1) is 18.3. The maximum absolute atomic E-state index is 10.5. The molecule has 1 N–H and O–H groups in total. The van der Waals surface area contributed by atoms with Crippen LogP contribution >= 0.6 is 0 Å². The topological polar surface area (TPSA) is 50.7 Å². The summed E-state index contributed by atoms with van der Waals surface area (Å²) < 4.78 is 4.99. The van der Waals surface area contributed by atoms with Gasteiger partial charge >= 0.3 is 0 Å². The molecular formula is C22H26N2O2. The summed E-state index contributed by atoms with van der Waals surface area (Å²) in [7, 11) is 0. The average molecular weight is 350 g/mol. The number of benzene rings is 2. The number of aliphatic imine (C=N–C) groups is 1. The third-order valence-electron chi connectivity index (χ3n) is 5.15. The van der Waals surface area contributed by atoms with Gasteiger partial charge in [0.05, 0.1) is 12.3 Å². The number of carbonyl (C=O) groups excluding carboxylic acids is 1. The van der Waals surface area contributed by atoms with E-state index in [4.69, 9.17) is 9.73 Å². The number of hydrogen-bond donors (Lipinski definition) is 1. The normalized spacial score (nSPS) is 15.8. The van der Waals surface area contributed by atoms with Crippen molar-refractivity contribution in [3.8, 4) is 0 Å². The molecule has 26 heavy (non-hydrogen) atoms. The molecule has 0 aromatic heterocycles. The summed E-state index contributed by atoms with van der Waals surface area (Å²) in [6, 6.07) is 20.7. The lowest BCUT2D eigenvalue weighted by molar-refractivity contribution is -0.129. The molecule has 2 aromatic rings. The van der Waals surface area contributed by atoms with E-state index in [1.807, 2.05) is 36.4 Å². The van der Waals surface area contributed by atoms with Gasteiger partial charge in [-0.05, 0) is 37.8 Å². The van der Waals surface area contributed by atoms with Crippen molar-refractivity contribution < 1.29 is 9.53 Å². The van der Waals surface area contributed by atoms with Crippen LogP contribution in [0.25, 0.3) is 0 Å². The Morgan fingerprint density at radius 1 is 1.00 bits per heavy atom. The standard InChI is InChI=1S/C22H26N2O2/c25-18-26-16-13-22(11-14-23-15-12-22)17-24-21(19-7-3-1-4-8-19)20-9-5-2-6-10-20/h1-10,18,23H,11-17H2. The van der Waals surface area contributed by atoms with Crippen LogP contribution in [0.5, 0.6) is 0 Å². The Hall–Kier alpha value is -2.46. The Morgan fingerprint density at radius 2 is 1.58 bits per heavy atom. The number of nitrogens with one attached hydrogen (secondary N) is 1. The van der Waals surface area contributed by atoms with Crippen LogP contribution in [0.3, 0.4) is 0 Å². The lowest BCUT2D eigenvalue weighted by Gasteiger charge is -2.36. The predicted molar refractivity (Wildman–Crippen MR) is 105 cm³/mol. The molecule has 0 spiro atoms. The third kappa shape index (κ3) is 4.79. The van der Waals surface area contributed by atoms with Crippen molar-refractivity contribution in [2.24, 2.45) is 10.4 Å². The zero-order valence-corrected chi connectivity index (χ0v) is 15.1. The smallest absolute Gasteiger partial charge is 0.293 e. The minimum Gasteiger partial charge on any atom is -0.468 e. The summed E-state index contributed by atoms with van der Waals surface area (Å²) in [6.07, 6.45) is 2.96. The summed E-state index contributed by atoms with van der Waals surface area (Å²) in [5, 5.41) is 3.42. The average Bonchev–Trinajstić information content (AvgIpc) is 2.71. The van der Waals surface area contributed by atoms with E-state index in [2.05, 4.69) is 29.6 Å². The van der Waals surface area contributed by atoms with Crippen molar-refractivity contribution in [1.29, 1.82) is 0 Å². The molecule has 1 aliphatic heterocycles. The minimum atomic E-state index is 0.0864. The second kappa shape index (κ2) is 9.30. The fourth-order valence-corrected chi connectivity index (χ4v) is 3.56. The highest BCUT2D eigenvalue weighted by atomic mass is 16.5. The molecule has 4 heteroatoms. The van der Waals surface area contributed by atoms with Gasteiger partial charge in [-0.1, -0.05) is 60.7 Å². The van der Waals surface area contributed by atoms with Gasteiger partial charge in [0.1, 0.15) is 0 Å². The number of carbonyl (C=O) groups is 1. The van der Waals surface area contributed by atoms with Crippen molar-refractivity contribution in [2.75, 3.05) is 26.2 Å². The van der Waals surface area contributed by atoms with Crippen molar-refractivity contribution in [3.05, 3.63) is 71.8 Å². The summed E-state index contributed by atoms with van der Waals surface area (Å²) in [4.78, 5) is 15.6. The molecule has 0 saturated carbocycles. The Morgan fingerprint density at radius 3 is 2.12 bits per heavy atom. The van der Waals surface area contributed by atoms with E-state index in [9.17, 15) is 4.79 Å². The lowest BCUT2D eigenvalue weighted by atomic mass is 9.76. The molecule has 1 heterocycles. The van der Waals surface area contributed by atoms with Crippen LogP contribution in [0.2, 0.25) is 0 Å². The Labute approximate surface area is 155 Å². The molecule has 4 nitrogen and oxygen atoms in total. The third-order valence-corrected chi connectivity index (χ3v) is 5.15. The second-order valence-corrected chi connectivity index (χ2v) is 6.86. The van der Waals surface area contributed by atoms with Crippen LogP contribution in [0.4, 0.5) is 0 Å². The van der Waals surface area contributed by atoms with Crippen molar-refractivity contribution in [2.45, 2.75) is 19.3 Å². The molecule has 0 atom stereocenters. The summed E-state index contributed by atoms with van der Waals surface area (Å²) in [6.45, 7) is 3.73. The first-order valence-corrected chi connectivity index (χ1v) is 9.24. The van der Waals surface area contributed by atoms with Crippen LogP contribution in [-0.4, -0.2) is 38.4 Å². The number of ether oxygens (including phenoxy) is 1. The predicted octanol–water partition coefficient (Wildman–Crippen LogP) is 3.46. The summed E-state index contributed by atoms with van der Waals surface area (Å²) in [5.41, 5.74) is 3.38. The van der Waals surface area contributed by atoms with Gasteiger partial charge in [0, 0.05) is 17.7 Å². The van der Waals surface area contributed by atoms with Crippen molar-refractivity contribution in [3.63, 3.8) is 0 Å². The molecule has 1 aliphatic rings. The van der Waals surface area contributed by atoms with E-state index in [0.29, 0.717) is 13.1 Å². The highest BCUT2D eigenvalue weighted by Crippen LogP contribution is 2.33. The van der Waals surface area contributed by atoms with Crippen LogP contribution in [-0.2, 0) is 9.53 Å². The summed E-state index contributed by atoms with van der Waals surface area (Å²) >= 11 is 0. The molecule has 0 unspecified atom stereocenters. The van der Waals surface area contributed by atoms with E-state index < -0.39 is 0 Å². The van der Waals surface area contributed by atoms with Gasteiger partial charge < -0.3 is 10.1 Å². The van der Waals surface area contributed by atoms with Crippen molar-refractivity contribution in [1.82, 2.24) is 5.32 Å². The Bertz CT molecular complexity index is 666. The van der Waals surface area contributed by atoms with E-state index >= 15 is 0 Å². The van der Waals surface area contributed by atoms with Gasteiger partial charge in [-0.25, -0.2) is 0 Å². The molecule has 0 bridgehead atoms. The minimum absolute atomic E-state index is 0.0864. The Balaban J connectivity index is 1.87. The zero-order valence-electron chi connectivity index (χ0n) is 15.1. The Kier molecular flexibility index (Phi) is 6.56. The molecule has 1 saturated heterocycles. The second-order valence-electron chi connectivity index (χ2n) is 6.86. The number of hydrogen-bond acceptors (Lipinski definition) is 4. The highest BCUT2D eigenvalue weighted by molar-refractivity contribution is 6.12. The number of nitrogens with zero attached hydrogens (tertiary/aromatic N) is 1. The number of rotatable bonds is 8. The molecule has 0 aliphatic carbocycles. The maximum Gasteiger partial charge on any atom is 0.293 e. The zero-order chi connectivity index (χ0) is 18.1. The van der Waals surface area contributed by atoms with Gasteiger partial charge in [-0.2, -0.15) is 0 Å². The molecule has 3 rings (SSSR count). The first-order chi connectivity index (χ1) is 12.8. The van der Waals surface area contributed by atoms with Crippen LogP contribution in [0.1, 0.15) is 30.4 Å². The van der Waals surface area contributed by atoms with E-state index in [1.54, 1.807) is 0 Å². The molecule has 1 fully saturated rings. The van der Waals surface area contributed by atoms with Gasteiger partial charge in [-0.3, -0.25) is 9.79 Å². The van der Waals surface area contributed by atoms with Gasteiger partial charge in [-0.15, -0.1) is 0 Å². The van der Waals surface area contributed by atoms with Crippen LogP contribution < -0.4 is 5.32 Å². The van der Waals surface area contributed by atoms with Gasteiger partial charge in [0.25, 0.3) is 6.47 Å². The molecule has 0 radical (unpaired) electrons. The fourth-order valence-electron chi connectivity index (χ4n) is 3.56. The quantitative estimate of drug-likeness (QED) is 0.451. The molecule has 0 amide bonds. The molecular weight excluding hydrogens is 324 g/mol.